The molecule has 88 valence electrons. The van der Waals surface area contributed by atoms with Gasteiger partial charge in [0.2, 0.25) is 0 Å². The van der Waals surface area contributed by atoms with Crippen molar-refractivity contribution in [3.8, 4) is 0 Å². The maximum atomic E-state index is 4.56. The van der Waals surface area contributed by atoms with Gasteiger partial charge in [0.15, 0.2) is 5.17 Å². The van der Waals surface area contributed by atoms with Crippen LogP contribution >= 0.6 is 23.1 Å². The Morgan fingerprint density at radius 1 is 1.62 bits per heavy atom. The highest BCUT2D eigenvalue weighted by atomic mass is 32.2. The van der Waals surface area contributed by atoms with Gasteiger partial charge < -0.3 is 5.32 Å². The van der Waals surface area contributed by atoms with E-state index in [1.165, 1.54) is 17.7 Å². The summed E-state index contributed by atoms with van der Waals surface area (Å²) in [5, 5.41) is 7.44. The molecule has 0 radical (unpaired) electrons. The average molecular weight is 254 g/mol. The average Bonchev–Trinajstić information content (AvgIpc) is 2.89. The molecule has 0 saturated carbocycles. The molecular formula is C12H18N2S2. The van der Waals surface area contributed by atoms with E-state index in [1.807, 2.05) is 11.8 Å². The van der Waals surface area contributed by atoms with Gasteiger partial charge in [-0.3, -0.25) is 4.99 Å². The van der Waals surface area contributed by atoms with Crippen molar-refractivity contribution in [3.05, 3.63) is 22.4 Å². The minimum atomic E-state index is 0.381. The van der Waals surface area contributed by atoms with Crippen molar-refractivity contribution in [2.75, 3.05) is 6.54 Å². The van der Waals surface area contributed by atoms with Crippen LogP contribution in [0.3, 0.4) is 0 Å². The molecule has 4 heteroatoms. The minimum Gasteiger partial charge on any atom is -0.358 e. The number of rotatable bonds is 4. The molecule has 2 heterocycles. The third kappa shape index (κ3) is 3.01. The van der Waals surface area contributed by atoms with Gasteiger partial charge in [0.25, 0.3) is 0 Å². The van der Waals surface area contributed by atoms with E-state index in [1.54, 1.807) is 11.3 Å². The third-order valence-corrected chi connectivity index (χ3v) is 4.88. The quantitative estimate of drug-likeness (QED) is 0.886. The van der Waals surface area contributed by atoms with Crippen molar-refractivity contribution in [3.63, 3.8) is 0 Å². The molecule has 1 aromatic heterocycles. The first-order valence-electron chi connectivity index (χ1n) is 5.80. The predicted octanol–water partition coefficient (Wildman–Crippen LogP) is 3.67. The van der Waals surface area contributed by atoms with Gasteiger partial charge in [0, 0.05) is 10.1 Å². The zero-order valence-corrected chi connectivity index (χ0v) is 11.4. The lowest BCUT2D eigenvalue weighted by atomic mass is 10.2. The van der Waals surface area contributed by atoms with Gasteiger partial charge in [-0.05, 0) is 24.8 Å². The molecule has 1 N–H and O–H groups in total. The van der Waals surface area contributed by atoms with Gasteiger partial charge in [-0.15, -0.1) is 11.3 Å². The second-order valence-electron chi connectivity index (χ2n) is 4.06. The molecular weight excluding hydrogens is 236 g/mol. The van der Waals surface area contributed by atoms with Crippen LogP contribution in [0, 0.1) is 0 Å². The SMILES string of the molecule is CCCC1CN=C(NC(C)c2cccs2)S1. The van der Waals surface area contributed by atoms with Gasteiger partial charge >= 0.3 is 0 Å². The number of hydrogen-bond donors (Lipinski definition) is 1. The smallest absolute Gasteiger partial charge is 0.157 e. The zero-order valence-electron chi connectivity index (χ0n) is 9.77. The lowest BCUT2D eigenvalue weighted by Crippen LogP contribution is -2.22. The second-order valence-corrected chi connectivity index (χ2v) is 6.32. The van der Waals surface area contributed by atoms with Gasteiger partial charge in [0.05, 0.1) is 12.6 Å². The van der Waals surface area contributed by atoms with E-state index < -0.39 is 0 Å². The first kappa shape index (κ1) is 12.0. The molecule has 2 nitrogen and oxygen atoms in total. The predicted molar refractivity (Wildman–Crippen MR) is 74.5 cm³/mol. The van der Waals surface area contributed by atoms with E-state index in [0.717, 1.165) is 11.7 Å². The summed E-state index contributed by atoms with van der Waals surface area (Å²) < 4.78 is 0. The van der Waals surface area contributed by atoms with E-state index >= 15 is 0 Å². The van der Waals surface area contributed by atoms with Crippen LogP contribution in [0.25, 0.3) is 0 Å². The molecule has 0 fully saturated rings. The summed E-state index contributed by atoms with van der Waals surface area (Å²) >= 11 is 3.70. The van der Waals surface area contributed by atoms with Gasteiger partial charge in [-0.2, -0.15) is 0 Å². The number of nitrogens with zero attached hydrogens (tertiary/aromatic N) is 1. The first-order valence-corrected chi connectivity index (χ1v) is 7.56. The topological polar surface area (TPSA) is 24.4 Å². The number of thiophene rings is 1. The largest absolute Gasteiger partial charge is 0.358 e. The molecule has 0 spiro atoms. The maximum absolute atomic E-state index is 4.56. The second kappa shape index (κ2) is 5.73. The summed E-state index contributed by atoms with van der Waals surface area (Å²) in [5.41, 5.74) is 0. The fourth-order valence-corrected chi connectivity index (χ4v) is 3.71. The summed E-state index contributed by atoms with van der Waals surface area (Å²) in [5.74, 6) is 0. The molecule has 2 unspecified atom stereocenters. The third-order valence-electron chi connectivity index (χ3n) is 2.64. The van der Waals surface area contributed by atoms with Gasteiger partial charge in [-0.1, -0.05) is 31.2 Å². The molecule has 0 amide bonds. The summed E-state index contributed by atoms with van der Waals surface area (Å²) in [6, 6.07) is 4.65. The van der Waals surface area contributed by atoms with Gasteiger partial charge in [0.1, 0.15) is 0 Å². The van der Waals surface area contributed by atoms with Crippen molar-refractivity contribution in [1.82, 2.24) is 5.32 Å². The van der Waals surface area contributed by atoms with Crippen LogP contribution in [0.2, 0.25) is 0 Å². The molecule has 0 saturated heterocycles. The summed E-state index contributed by atoms with van der Waals surface area (Å²) in [7, 11) is 0. The van der Waals surface area contributed by atoms with Crippen LogP contribution in [0.1, 0.15) is 37.6 Å². The van der Waals surface area contributed by atoms with Gasteiger partial charge in [-0.25, -0.2) is 0 Å². The van der Waals surface area contributed by atoms with Crippen molar-refractivity contribution in [1.29, 1.82) is 0 Å². The van der Waals surface area contributed by atoms with E-state index in [2.05, 4.69) is 41.7 Å². The Hall–Kier alpha value is -0.480. The van der Waals surface area contributed by atoms with Crippen molar-refractivity contribution in [2.45, 2.75) is 38.0 Å². The Morgan fingerprint density at radius 2 is 2.50 bits per heavy atom. The Morgan fingerprint density at radius 3 is 3.19 bits per heavy atom. The van der Waals surface area contributed by atoms with Crippen LogP contribution in [0.4, 0.5) is 0 Å². The van der Waals surface area contributed by atoms with E-state index in [0.29, 0.717) is 11.3 Å². The number of thioether (sulfide) groups is 1. The molecule has 0 aromatic carbocycles. The lowest BCUT2D eigenvalue weighted by molar-refractivity contribution is 0.733. The van der Waals surface area contributed by atoms with Crippen LogP contribution in [-0.4, -0.2) is 17.0 Å². The Kier molecular flexibility index (Phi) is 4.29. The fourth-order valence-electron chi connectivity index (χ4n) is 1.76. The highest BCUT2D eigenvalue weighted by Gasteiger charge is 2.20. The Balaban J connectivity index is 1.83. The minimum absolute atomic E-state index is 0.381. The number of amidine groups is 1. The van der Waals surface area contributed by atoms with Crippen molar-refractivity contribution < 1.29 is 0 Å². The van der Waals surface area contributed by atoms with Crippen LogP contribution in [0.15, 0.2) is 22.5 Å². The van der Waals surface area contributed by atoms with Crippen LogP contribution in [0.5, 0.6) is 0 Å². The Labute approximate surface area is 106 Å². The monoisotopic (exact) mass is 254 g/mol. The summed E-state index contributed by atoms with van der Waals surface area (Å²) in [4.78, 5) is 5.94. The van der Waals surface area contributed by atoms with Crippen LogP contribution < -0.4 is 5.32 Å². The Bertz CT molecular complexity index is 346. The number of aliphatic imine (C=N–C) groups is 1. The molecule has 0 aliphatic carbocycles. The van der Waals surface area contributed by atoms with Crippen molar-refractivity contribution in [2.24, 2.45) is 4.99 Å². The molecule has 1 aliphatic rings. The summed E-state index contributed by atoms with van der Waals surface area (Å²) in [6.07, 6.45) is 2.52. The molecule has 16 heavy (non-hydrogen) atoms. The fraction of sp³-hybridized carbons (Fsp3) is 0.583. The molecule has 0 bridgehead atoms. The number of nitrogens with one attached hydrogen (secondary N) is 1. The molecule has 2 atom stereocenters. The highest BCUT2D eigenvalue weighted by molar-refractivity contribution is 8.14. The zero-order chi connectivity index (χ0) is 11.4. The molecule has 2 rings (SSSR count). The molecule has 1 aliphatic heterocycles. The van der Waals surface area contributed by atoms with E-state index in [9.17, 15) is 0 Å². The maximum Gasteiger partial charge on any atom is 0.157 e. The lowest BCUT2D eigenvalue weighted by Gasteiger charge is -2.13. The standard InChI is InChI=1S/C12H18N2S2/c1-3-5-10-8-13-12(16-10)14-9(2)11-6-4-7-15-11/h4,6-7,9-10H,3,5,8H2,1-2H3,(H,13,14). The first-order chi connectivity index (χ1) is 7.79. The number of hydrogen-bond acceptors (Lipinski definition) is 4. The van der Waals surface area contributed by atoms with E-state index in [-0.39, 0.29) is 0 Å². The summed E-state index contributed by atoms with van der Waals surface area (Å²) in [6.45, 7) is 5.42. The normalized spacial score (nSPS) is 21.9. The van der Waals surface area contributed by atoms with E-state index in [4.69, 9.17) is 0 Å². The van der Waals surface area contributed by atoms with Crippen LogP contribution in [-0.2, 0) is 0 Å². The molecule has 1 aromatic rings. The van der Waals surface area contributed by atoms with Crippen molar-refractivity contribution >= 4 is 28.3 Å². The highest BCUT2D eigenvalue weighted by Crippen LogP contribution is 2.26.